The van der Waals surface area contributed by atoms with E-state index in [0.29, 0.717) is 6.54 Å². The molecule has 1 aliphatic heterocycles. The third-order valence-electron chi connectivity index (χ3n) is 3.27. The van der Waals surface area contributed by atoms with Gasteiger partial charge in [0.1, 0.15) is 6.54 Å². The van der Waals surface area contributed by atoms with Crippen molar-refractivity contribution in [3.8, 4) is 0 Å². The van der Waals surface area contributed by atoms with Gasteiger partial charge in [-0.2, -0.15) is 0 Å². The zero-order valence-corrected chi connectivity index (χ0v) is 11.0. The Balaban J connectivity index is 2.71. The largest absolute Gasteiger partial charge is 0.465 e. The second-order valence-corrected chi connectivity index (χ2v) is 5.01. The summed E-state index contributed by atoms with van der Waals surface area (Å²) in [6.45, 7) is 5.81. The molecule has 6 heteroatoms. The second kappa shape index (κ2) is 5.84. The molecule has 1 heterocycles. The molecule has 0 spiro atoms. The number of hydrogen-bond donors (Lipinski definition) is 2. The fourth-order valence-electron chi connectivity index (χ4n) is 2.25. The van der Waals surface area contributed by atoms with Crippen LogP contribution in [0.3, 0.4) is 0 Å². The van der Waals surface area contributed by atoms with Crippen LogP contribution in [0.1, 0.15) is 27.2 Å². The van der Waals surface area contributed by atoms with Gasteiger partial charge in [0, 0.05) is 12.5 Å². The monoisotopic (exact) mass is 256 g/mol. The van der Waals surface area contributed by atoms with Gasteiger partial charge in [-0.25, -0.2) is 4.79 Å². The SMILES string of the molecule is CC(C)C(=O)[C@@H]1[C@H](C)CCN1C(=O)CNC(=O)O. The maximum absolute atomic E-state index is 12.1. The number of hydrogen-bond acceptors (Lipinski definition) is 3. The Kier molecular flexibility index (Phi) is 4.69. The van der Waals surface area contributed by atoms with E-state index >= 15 is 0 Å². The molecule has 0 bridgehead atoms. The quantitative estimate of drug-likeness (QED) is 0.775. The van der Waals surface area contributed by atoms with Gasteiger partial charge in [-0.05, 0) is 12.3 Å². The molecule has 2 amide bonds. The molecule has 1 rings (SSSR count). The lowest BCUT2D eigenvalue weighted by molar-refractivity contribution is -0.138. The minimum Gasteiger partial charge on any atom is -0.465 e. The van der Waals surface area contributed by atoms with Crippen LogP contribution in [0.4, 0.5) is 4.79 Å². The fraction of sp³-hybridized carbons (Fsp3) is 0.750. The van der Waals surface area contributed by atoms with Crippen molar-refractivity contribution in [3.05, 3.63) is 0 Å². The molecular weight excluding hydrogens is 236 g/mol. The Morgan fingerprint density at radius 1 is 1.39 bits per heavy atom. The summed E-state index contributed by atoms with van der Waals surface area (Å²) in [5.41, 5.74) is 0. The maximum atomic E-state index is 12.1. The van der Waals surface area contributed by atoms with Crippen molar-refractivity contribution in [2.24, 2.45) is 11.8 Å². The van der Waals surface area contributed by atoms with Gasteiger partial charge >= 0.3 is 6.09 Å². The maximum Gasteiger partial charge on any atom is 0.405 e. The number of nitrogens with zero attached hydrogens (tertiary/aromatic N) is 1. The summed E-state index contributed by atoms with van der Waals surface area (Å²) in [4.78, 5) is 35.8. The smallest absolute Gasteiger partial charge is 0.405 e. The molecule has 2 N–H and O–H groups in total. The van der Waals surface area contributed by atoms with E-state index in [2.05, 4.69) is 0 Å². The van der Waals surface area contributed by atoms with Crippen LogP contribution < -0.4 is 5.32 Å². The normalized spacial score (nSPS) is 23.2. The summed E-state index contributed by atoms with van der Waals surface area (Å²) in [6.07, 6.45) is -0.454. The summed E-state index contributed by atoms with van der Waals surface area (Å²) in [5.74, 6) is -0.281. The van der Waals surface area contributed by atoms with Gasteiger partial charge in [-0.3, -0.25) is 9.59 Å². The van der Waals surface area contributed by atoms with Crippen LogP contribution in [0.15, 0.2) is 0 Å². The van der Waals surface area contributed by atoms with Gasteiger partial charge in [0.15, 0.2) is 5.78 Å². The van der Waals surface area contributed by atoms with Crippen molar-refractivity contribution in [2.75, 3.05) is 13.1 Å². The van der Waals surface area contributed by atoms with Crippen molar-refractivity contribution >= 4 is 17.8 Å². The van der Waals surface area contributed by atoms with E-state index in [1.54, 1.807) is 0 Å². The molecule has 0 aliphatic carbocycles. The topological polar surface area (TPSA) is 86.7 Å². The highest BCUT2D eigenvalue weighted by Crippen LogP contribution is 2.26. The molecule has 0 aromatic heterocycles. The highest BCUT2D eigenvalue weighted by Gasteiger charge is 2.39. The highest BCUT2D eigenvalue weighted by molar-refractivity contribution is 5.92. The Bertz CT molecular complexity index is 354. The van der Waals surface area contributed by atoms with Crippen molar-refractivity contribution in [1.29, 1.82) is 0 Å². The Labute approximate surface area is 106 Å². The van der Waals surface area contributed by atoms with Crippen LogP contribution in [0.5, 0.6) is 0 Å². The summed E-state index contributed by atoms with van der Waals surface area (Å²) in [5, 5.41) is 10.5. The third-order valence-corrected chi connectivity index (χ3v) is 3.27. The second-order valence-electron chi connectivity index (χ2n) is 5.01. The third kappa shape index (κ3) is 3.21. The van der Waals surface area contributed by atoms with Gasteiger partial charge in [0.25, 0.3) is 0 Å². The van der Waals surface area contributed by atoms with Gasteiger partial charge in [0.05, 0.1) is 6.04 Å². The number of amides is 2. The molecule has 0 aromatic carbocycles. The molecule has 1 saturated heterocycles. The summed E-state index contributed by atoms with van der Waals surface area (Å²) in [7, 11) is 0. The van der Waals surface area contributed by atoms with Gasteiger partial charge < -0.3 is 15.3 Å². The number of rotatable bonds is 4. The first kappa shape index (κ1) is 14.5. The standard InChI is InChI=1S/C12H20N2O4/c1-7(2)11(16)10-8(3)4-5-14(10)9(15)6-13-12(17)18/h7-8,10,13H,4-6H2,1-3H3,(H,17,18)/t8-,10+/m1/s1. The number of carboxylic acid groups (broad SMARTS) is 1. The fourth-order valence-corrected chi connectivity index (χ4v) is 2.25. The van der Waals surface area contributed by atoms with Gasteiger partial charge in [-0.15, -0.1) is 0 Å². The minimum absolute atomic E-state index is 0.0451. The first-order valence-corrected chi connectivity index (χ1v) is 6.14. The number of likely N-dealkylation sites (tertiary alicyclic amines) is 1. The van der Waals surface area contributed by atoms with Crippen molar-refractivity contribution in [1.82, 2.24) is 10.2 Å². The van der Waals surface area contributed by atoms with Gasteiger partial charge in [0.2, 0.25) is 5.91 Å². The zero-order valence-electron chi connectivity index (χ0n) is 11.0. The van der Waals surface area contributed by atoms with Crippen LogP contribution in [-0.2, 0) is 9.59 Å². The molecule has 1 fully saturated rings. The van der Waals surface area contributed by atoms with Crippen LogP contribution in [0, 0.1) is 11.8 Å². The molecular formula is C12H20N2O4. The molecule has 0 unspecified atom stereocenters. The number of ketones is 1. The molecule has 6 nitrogen and oxygen atoms in total. The highest BCUT2D eigenvalue weighted by atomic mass is 16.4. The predicted molar refractivity (Wildman–Crippen MR) is 65.2 cm³/mol. The van der Waals surface area contributed by atoms with E-state index in [4.69, 9.17) is 5.11 Å². The van der Waals surface area contributed by atoms with Crippen LogP contribution in [0.25, 0.3) is 0 Å². The van der Waals surface area contributed by atoms with Crippen LogP contribution in [0.2, 0.25) is 0 Å². The predicted octanol–water partition coefficient (Wildman–Crippen LogP) is 0.716. The van der Waals surface area contributed by atoms with E-state index < -0.39 is 12.1 Å². The van der Waals surface area contributed by atoms with E-state index in [1.807, 2.05) is 26.1 Å². The van der Waals surface area contributed by atoms with E-state index in [1.165, 1.54) is 4.90 Å². The minimum atomic E-state index is -1.23. The Morgan fingerprint density at radius 3 is 2.50 bits per heavy atom. The lowest BCUT2D eigenvalue weighted by atomic mass is 9.92. The average molecular weight is 256 g/mol. The van der Waals surface area contributed by atoms with Crippen molar-refractivity contribution in [3.63, 3.8) is 0 Å². The number of Topliss-reactive ketones (excluding diaryl/α,β-unsaturated/α-hetero) is 1. The lowest BCUT2D eigenvalue weighted by Crippen LogP contribution is -2.48. The number of carbonyl (C=O) groups is 3. The lowest BCUT2D eigenvalue weighted by Gasteiger charge is -2.27. The molecule has 1 aliphatic rings. The molecule has 102 valence electrons. The molecule has 0 aromatic rings. The van der Waals surface area contributed by atoms with E-state index in [9.17, 15) is 14.4 Å². The first-order chi connectivity index (χ1) is 8.34. The summed E-state index contributed by atoms with van der Waals surface area (Å²) >= 11 is 0. The molecule has 18 heavy (non-hydrogen) atoms. The molecule has 2 atom stereocenters. The molecule has 0 saturated carbocycles. The molecule has 0 radical (unpaired) electrons. The van der Waals surface area contributed by atoms with E-state index in [0.717, 1.165) is 6.42 Å². The number of carbonyl (C=O) groups excluding carboxylic acids is 2. The Hall–Kier alpha value is -1.59. The zero-order chi connectivity index (χ0) is 13.9. The van der Waals surface area contributed by atoms with E-state index in [-0.39, 0.29) is 30.1 Å². The van der Waals surface area contributed by atoms with Gasteiger partial charge in [-0.1, -0.05) is 20.8 Å². The van der Waals surface area contributed by atoms with Crippen molar-refractivity contribution < 1.29 is 19.5 Å². The van der Waals surface area contributed by atoms with Crippen LogP contribution in [-0.4, -0.2) is 46.9 Å². The number of nitrogens with one attached hydrogen (secondary N) is 1. The van der Waals surface area contributed by atoms with Crippen molar-refractivity contribution in [2.45, 2.75) is 33.2 Å². The van der Waals surface area contributed by atoms with Crippen LogP contribution >= 0.6 is 0 Å². The average Bonchev–Trinajstić information content (AvgIpc) is 2.66. The first-order valence-electron chi connectivity index (χ1n) is 6.14. The summed E-state index contributed by atoms with van der Waals surface area (Å²) in [6, 6.07) is -0.409. The Morgan fingerprint density at radius 2 is 2.00 bits per heavy atom. The summed E-state index contributed by atoms with van der Waals surface area (Å²) < 4.78 is 0.